The molecule has 4 heterocycles. The number of aromatic nitrogens is 2. The van der Waals surface area contributed by atoms with Crippen molar-refractivity contribution in [1.82, 2.24) is 15.0 Å². The molecule has 1 aromatic rings. The summed E-state index contributed by atoms with van der Waals surface area (Å²) in [6.45, 7) is 1.95. The van der Waals surface area contributed by atoms with Gasteiger partial charge < -0.3 is 5.32 Å². The van der Waals surface area contributed by atoms with Gasteiger partial charge in [0.15, 0.2) is 0 Å². The van der Waals surface area contributed by atoms with Crippen molar-refractivity contribution in [3.63, 3.8) is 0 Å². The molecule has 7 heteroatoms. The third-order valence-corrected chi connectivity index (χ3v) is 4.83. The van der Waals surface area contributed by atoms with E-state index in [9.17, 15) is 4.79 Å². The lowest BCUT2D eigenvalue weighted by Crippen LogP contribution is -2.29. The number of fused-ring (bicyclic) bond motifs is 3. The molecule has 0 aliphatic carbocycles. The fourth-order valence-electron chi connectivity index (χ4n) is 3.15. The van der Waals surface area contributed by atoms with E-state index in [1.807, 2.05) is 4.68 Å². The van der Waals surface area contributed by atoms with Crippen LogP contribution in [-0.2, 0) is 0 Å². The number of hydrogen-bond donors (Lipinski definition) is 1. The first-order valence-corrected chi connectivity index (χ1v) is 7.85. The number of piperidine rings is 1. The Morgan fingerprint density at radius 1 is 1.33 bits per heavy atom. The van der Waals surface area contributed by atoms with Crippen molar-refractivity contribution >= 4 is 27.9 Å². The number of aliphatic imine (C=N–C) groups is 1. The first-order chi connectivity index (χ1) is 10.2. The predicted octanol–water partition coefficient (Wildman–Crippen LogP) is 1.33. The highest BCUT2D eigenvalue weighted by Crippen LogP contribution is 2.36. The fourth-order valence-corrected chi connectivity index (χ4v) is 3.70. The van der Waals surface area contributed by atoms with Crippen LogP contribution in [0.25, 0.3) is 0 Å². The fraction of sp³-hybridized carbons (Fsp3) is 0.429. The van der Waals surface area contributed by atoms with E-state index in [0.717, 1.165) is 41.8 Å². The molecule has 0 amide bonds. The second-order valence-corrected chi connectivity index (χ2v) is 6.38. The van der Waals surface area contributed by atoms with Crippen molar-refractivity contribution < 1.29 is 0 Å². The molecule has 0 bridgehead atoms. The molecule has 3 aliphatic heterocycles. The zero-order valence-electron chi connectivity index (χ0n) is 11.3. The summed E-state index contributed by atoms with van der Waals surface area (Å²) in [5.41, 5.74) is 1.62. The summed E-state index contributed by atoms with van der Waals surface area (Å²) in [4.78, 5) is 20.4. The smallest absolute Gasteiger partial charge is 0.273 e. The van der Waals surface area contributed by atoms with Crippen LogP contribution in [0.2, 0.25) is 0 Å². The van der Waals surface area contributed by atoms with Gasteiger partial charge in [-0.15, -0.1) is 0 Å². The van der Waals surface area contributed by atoms with Gasteiger partial charge >= 0.3 is 0 Å². The lowest BCUT2D eigenvalue weighted by molar-refractivity contribution is 0.439. The Bertz CT molecular complexity index is 742. The Morgan fingerprint density at radius 3 is 2.95 bits per heavy atom. The first-order valence-electron chi connectivity index (χ1n) is 7.06. The summed E-state index contributed by atoms with van der Waals surface area (Å²) in [5.74, 6) is 0.946. The van der Waals surface area contributed by atoms with Crippen molar-refractivity contribution in [3.05, 3.63) is 38.6 Å². The number of nitrogens with one attached hydrogen (secondary N) is 1. The molecule has 1 aromatic heterocycles. The number of nitrogens with zero attached hydrogens (tertiary/aromatic N) is 4. The van der Waals surface area contributed by atoms with Crippen LogP contribution in [0.5, 0.6) is 0 Å². The van der Waals surface area contributed by atoms with Gasteiger partial charge in [0.2, 0.25) is 0 Å². The molecule has 108 valence electrons. The molecule has 4 rings (SSSR count). The average molecular weight is 348 g/mol. The second kappa shape index (κ2) is 4.99. The number of halogens is 1. The Balaban J connectivity index is 1.86. The standard InChI is InChI=1S/C14H14BrN5O/c15-9-6-17-7-10-13(9)14-18-12(21)5-11(20(14)19-10)8-1-3-16-4-2-8/h5-8,13,16H,1-4H2. The van der Waals surface area contributed by atoms with Gasteiger partial charge in [-0.1, -0.05) is 15.9 Å². The third kappa shape index (κ3) is 2.11. The highest BCUT2D eigenvalue weighted by atomic mass is 79.9. The van der Waals surface area contributed by atoms with Gasteiger partial charge in [0.25, 0.3) is 5.56 Å². The van der Waals surface area contributed by atoms with Crippen molar-refractivity contribution in [2.45, 2.75) is 24.7 Å². The van der Waals surface area contributed by atoms with Gasteiger partial charge in [0.1, 0.15) is 5.82 Å². The van der Waals surface area contributed by atoms with Crippen LogP contribution in [0.15, 0.2) is 31.6 Å². The molecule has 0 saturated carbocycles. The van der Waals surface area contributed by atoms with Crippen LogP contribution in [-0.4, -0.2) is 34.7 Å². The molecule has 1 saturated heterocycles. The largest absolute Gasteiger partial charge is 0.317 e. The molecular formula is C14H14BrN5O. The van der Waals surface area contributed by atoms with Gasteiger partial charge in [0, 0.05) is 22.7 Å². The van der Waals surface area contributed by atoms with Crippen LogP contribution in [0.1, 0.15) is 36.2 Å². The molecular weight excluding hydrogens is 334 g/mol. The summed E-state index contributed by atoms with van der Waals surface area (Å²) < 4.78 is 2.74. The van der Waals surface area contributed by atoms with Crippen LogP contribution in [0.3, 0.4) is 0 Å². The summed E-state index contributed by atoms with van der Waals surface area (Å²) >= 11 is 3.51. The highest BCUT2D eigenvalue weighted by molar-refractivity contribution is 9.11. The van der Waals surface area contributed by atoms with Gasteiger partial charge in [-0.2, -0.15) is 10.1 Å². The van der Waals surface area contributed by atoms with Gasteiger partial charge in [-0.05, 0) is 25.9 Å². The minimum atomic E-state index is -0.186. The first kappa shape index (κ1) is 13.1. The van der Waals surface area contributed by atoms with Gasteiger partial charge in [0.05, 0.1) is 23.5 Å². The van der Waals surface area contributed by atoms with Crippen molar-refractivity contribution in [2.24, 2.45) is 10.1 Å². The van der Waals surface area contributed by atoms with E-state index in [2.05, 4.69) is 36.3 Å². The van der Waals surface area contributed by atoms with E-state index in [0.29, 0.717) is 11.7 Å². The predicted molar refractivity (Wildman–Crippen MR) is 84.4 cm³/mol. The minimum Gasteiger partial charge on any atom is -0.317 e. The van der Waals surface area contributed by atoms with E-state index in [1.54, 1.807) is 18.5 Å². The molecule has 0 radical (unpaired) electrons. The molecule has 0 spiro atoms. The molecule has 3 aliphatic rings. The van der Waals surface area contributed by atoms with Crippen LogP contribution < -0.4 is 10.9 Å². The Labute approximate surface area is 129 Å². The zero-order chi connectivity index (χ0) is 14.4. The molecule has 1 unspecified atom stereocenters. The SMILES string of the molecule is O=c1cc(C2CCNCC2)n2c(n1)C1C(Br)=CN=CC1=N2. The van der Waals surface area contributed by atoms with Crippen LogP contribution >= 0.6 is 15.9 Å². The van der Waals surface area contributed by atoms with E-state index < -0.39 is 0 Å². The van der Waals surface area contributed by atoms with Crippen molar-refractivity contribution in [1.29, 1.82) is 0 Å². The monoisotopic (exact) mass is 347 g/mol. The van der Waals surface area contributed by atoms with E-state index >= 15 is 0 Å². The van der Waals surface area contributed by atoms with Crippen LogP contribution in [0.4, 0.5) is 0 Å². The number of allylic oxidation sites excluding steroid dienone is 1. The van der Waals surface area contributed by atoms with Crippen LogP contribution in [0, 0.1) is 0 Å². The maximum Gasteiger partial charge on any atom is 0.273 e. The van der Waals surface area contributed by atoms with Gasteiger partial charge in [-0.25, -0.2) is 4.68 Å². The summed E-state index contributed by atoms with van der Waals surface area (Å²) in [6, 6.07) is 1.63. The van der Waals surface area contributed by atoms with Crippen molar-refractivity contribution in [3.8, 4) is 0 Å². The normalized spacial score (nSPS) is 24.3. The Morgan fingerprint density at radius 2 is 2.14 bits per heavy atom. The lowest BCUT2D eigenvalue weighted by atomic mass is 9.94. The molecule has 21 heavy (non-hydrogen) atoms. The zero-order valence-corrected chi connectivity index (χ0v) is 12.9. The third-order valence-electron chi connectivity index (χ3n) is 4.16. The number of hydrogen-bond acceptors (Lipinski definition) is 5. The summed E-state index contributed by atoms with van der Waals surface area (Å²) in [6.07, 6.45) is 5.51. The Kier molecular flexibility index (Phi) is 3.11. The van der Waals surface area contributed by atoms with Crippen molar-refractivity contribution in [2.75, 3.05) is 13.1 Å². The molecule has 1 fully saturated rings. The number of rotatable bonds is 1. The quantitative estimate of drug-likeness (QED) is 0.832. The maximum atomic E-state index is 12.0. The summed E-state index contributed by atoms with van der Waals surface area (Å²) in [7, 11) is 0. The topological polar surface area (TPSA) is 71.6 Å². The molecule has 0 aromatic carbocycles. The van der Waals surface area contributed by atoms with E-state index in [1.165, 1.54) is 0 Å². The summed E-state index contributed by atoms with van der Waals surface area (Å²) in [5, 5.41) is 7.98. The van der Waals surface area contributed by atoms with E-state index in [-0.39, 0.29) is 11.5 Å². The molecule has 1 atom stereocenters. The average Bonchev–Trinajstić information content (AvgIpc) is 2.87. The second-order valence-electron chi connectivity index (χ2n) is 5.46. The molecule has 6 nitrogen and oxygen atoms in total. The minimum absolute atomic E-state index is 0.100. The van der Waals surface area contributed by atoms with Gasteiger partial charge in [-0.3, -0.25) is 9.79 Å². The Hall–Kier alpha value is -1.60. The maximum absolute atomic E-state index is 12.0. The van der Waals surface area contributed by atoms with E-state index in [4.69, 9.17) is 0 Å². The lowest BCUT2D eigenvalue weighted by Gasteiger charge is -2.24. The highest BCUT2D eigenvalue weighted by Gasteiger charge is 2.34. The molecule has 1 N–H and O–H groups in total.